The van der Waals surface area contributed by atoms with Gasteiger partial charge >= 0.3 is 0 Å². The highest BCUT2D eigenvalue weighted by molar-refractivity contribution is 5.12. The molecule has 0 unspecified atom stereocenters. The first-order chi connectivity index (χ1) is 9.90. The van der Waals surface area contributed by atoms with Crippen molar-refractivity contribution in [1.82, 2.24) is 20.5 Å². The summed E-state index contributed by atoms with van der Waals surface area (Å²) in [7, 11) is 0. The van der Waals surface area contributed by atoms with Gasteiger partial charge in [0.2, 0.25) is 5.88 Å². The van der Waals surface area contributed by atoms with E-state index in [1.165, 1.54) is 12.8 Å². The minimum Gasteiger partial charge on any atom is -0.476 e. The molecule has 2 aromatic rings. The van der Waals surface area contributed by atoms with Gasteiger partial charge < -0.3 is 10.1 Å². The Hall–Kier alpha value is -2.01. The molecule has 2 heterocycles. The molecule has 1 fully saturated rings. The lowest BCUT2D eigenvalue weighted by atomic mass is 10.3. The summed E-state index contributed by atoms with van der Waals surface area (Å²) in [6, 6.07) is 10.4. The molecule has 20 heavy (non-hydrogen) atoms. The Balaban J connectivity index is 1.43. The molecule has 3 rings (SSSR count). The van der Waals surface area contributed by atoms with Gasteiger partial charge in [-0.05, 0) is 31.0 Å². The quantitative estimate of drug-likeness (QED) is 0.830. The van der Waals surface area contributed by atoms with Crippen molar-refractivity contribution in [2.45, 2.75) is 31.8 Å². The minimum absolute atomic E-state index is 0.561. The summed E-state index contributed by atoms with van der Waals surface area (Å²) < 4.78 is 5.57. The Bertz CT molecular complexity index is 525. The van der Waals surface area contributed by atoms with Crippen LogP contribution >= 0.6 is 0 Å². The van der Waals surface area contributed by atoms with Gasteiger partial charge in [0, 0.05) is 37.0 Å². The highest BCUT2D eigenvalue weighted by atomic mass is 16.5. The highest BCUT2D eigenvalue weighted by Gasteiger charge is 2.20. The normalized spacial score (nSPS) is 14.2. The topological polar surface area (TPSA) is 59.9 Å². The lowest BCUT2D eigenvalue weighted by Crippen LogP contribution is -2.16. The molecule has 0 spiro atoms. The van der Waals surface area contributed by atoms with E-state index in [0.29, 0.717) is 18.5 Å². The van der Waals surface area contributed by atoms with Crippen molar-refractivity contribution in [3.05, 3.63) is 47.9 Å². The van der Waals surface area contributed by atoms with Crippen molar-refractivity contribution in [2.75, 3.05) is 6.61 Å². The van der Waals surface area contributed by atoms with Crippen LogP contribution in [0.2, 0.25) is 0 Å². The van der Waals surface area contributed by atoms with E-state index in [9.17, 15) is 0 Å². The zero-order valence-corrected chi connectivity index (χ0v) is 11.3. The smallest absolute Gasteiger partial charge is 0.233 e. The zero-order chi connectivity index (χ0) is 13.6. The van der Waals surface area contributed by atoms with Crippen molar-refractivity contribution in [1.29, 1.82) is 0 Å². The third-order valence-electron chi connectivity index (χ3n) is 3.18. The van der Waals surface area contributed by atoms with E-state index in [4.69, 9.17) is 4.74 Å². The number of hydrogen-bond acceptors (Lipinski definition) is 5. The molecule has 104 valence electrons. The van der Waals surface area contributed by atoms with E-state index < -0.39 is 0 Å². The molecule has 0 aliphatic heterocycles. The molecule has 0 amide bonds. The van der Waals surface area contributed by atoms with Gasteiger partial charge in [0.1, 0.15) is 0 Å². The molecule has 2 aromatic heterocycles. The van der Waals surface area contributed by atoms with Gasteiger partial charge in [-0.15, -0.1) is 5.10 Å². The van der Waals surface area contributed by atoms with E-state index in [1.54, 1.807) is 6.20 Å². The minimum atomic E-state index is 0.561. The van der Waals surface area contributed by atoms with Crippen molar-refractivity contribution < 1.29 is 4.74 Å². The molecule has 5 heteroatoms. The summed E-state index contributed by atoms with van der Waals surface area (Å²) in [6.45, 7) is 1.34. The standard InChI is InChI=1S/C15H18N4O/c1-2-9-16-12(3-1)8-10-20-15-7-6-14(18-19-15)11-17-13-4-5-13/h1-3,6-7,9,13,17H,4-5,8,10-11H2. The molecule has 1 aliphatic carbocycles. The van der Waals surface area contributed by atoms with Crippen molar-refractivity contribution in [3.8, 4) is 5.88 Å². The molecule has 1 N–H and O–H groups in total. The fourth-order valence-corrected chi connectivity index (χ4v) is 1.86. The van der Waals surface area contributed by atoms with Gasteiger partial charge in [0.15, 0.2) is 0 Å². The first-order valence-electron chi connectivity index (χ1n) is 6.99. The highest BCUT2D eigenvalue weighted by Crippen LogP contribution is 2.19. The SMILES string of the molecule is c1ccc(CCOc2ccc(CNC3CC3)nn2)nc1. The molecular formula is C15H18N4O. The van der Waals surface area contributed by atoms with Crippen molar-refractivity contribution in [3.63, 3.8) is 0 Å². The Morgan fingerprint density at radius 2 is 2.05 bits per heavy atom. The van der Waals surface area contributed by atoms with E-state index in [0.717, 1.165) is 24.4 Å². The van der Waals surface area contributed by atoms with Gasteiger partial charge in [-0.3, -0.25) is 4.98 Å². The van der Waals surface area contributed by atoms with Crippen molar-refractivity contribution >= 4 is 0 Å². The monoisotopic (exact) mass is 270 g/mol. The van der Waals surface area contributed by atoms with Crippen LogP contribution in [0, 0.1) is 0 Å². The molecule has 0 bridgehead atoms. The lowest BCUT2D eigenvalue weighted by Gasteiger charge is -2.05. The first kappa shape index (κ1) is 13.0. The number of rotatable bonds is 7. The van der Waals surface area contributed by atoms with E-state index in [2.05, 4.69) is 20.5 Å². The second kappa shape index (κ2) is 6.43. The average molecular weight is 270 g/mol. The van der Waals surface area contributed by atoms with Crippen LogP contribution in [0.4, 0.5) is 0 Å². The van der Waals surface area contributed by atoms with Crippen LogP contribution in [0.3, 0.4) is 0 Å². The van der Waals surface area contributed by atoms with Crippen LogP contribution in [-0.2, 0) is 13.0 Å². The summed E-state index contributed by atoms with van der Waals surface area (Å²) in [6.07, 6.45) is 5.12. The van der Waals surface area contributed by atoms with Crippen LogP contribution in [-0.4, -0.2) is 27.8 Å². The summed E-state index contributed by atoms with van der Waals surface area (Å²) in [5.74, 6) is 0.566. The molecule has 0 atom stereocenters. The number of hydrogen-bond donors (Lipinski definition) is 1. The summed E-state index contributed by atoms with van der Waals surface area (Å²) >= 11 is 0. The molecule has 1 aliphatic rings. The Kier molecular flexibility index (Phi) is 4.18. The van der Waals surface area contributed by atoms with Gasteiger partial charge in [0.05, 0.1) is 12.3 Å². The van der Waals surface area contributed by atoms with Crippen LogP contribution in [0.15, 0.2) is 36.5 Å². The summed E-state index contributed by atoms with van der Waals surface area (Å²) in [4.78, 5) is 4.25. The average Bonchev–Trinajstić information content (AvgIpc) is 3.32. The second-order valence-corrected chi connectivity index (χ2v) is 4.94. The largest absolute Gasteiger partial charge is 0.476 e. The predicted octanol–water partition coefficient (Wildman–Crippen LogP) is 1.75. The molecule has 1 saturated carbocycles. The Labute approximate surface area is 118 Å². The summed E-state index contributed by atoms with van der Waals surface area (Å²) in [5.41, 5.74) is 1.97. The number of nitrogens with zero attached hydrogens (tertiary/aromatic N) is 3. The third kappa shape index (κ3) is 3.99. The number of pyridine rings is 1. The molecule has 5 nitrogen and oxygen atoms in total. The van der Waals surface area contributed by atoms with Gasteiger partial charge in [-0.25, -0.2) is 0 Å². The van der Waals surface area contributed by atoms with Crippen LogP contribution in [0.25, 0.3) is 0 Å². The molecule has 0 aromatic carbocycles. The number of aromatic nitrogens is 3. The fraction of sp³-hybridized carbons (Fsp3) is 0.400. The van der Waals surface area contributed by atoms with Gasteiger partial charge in [-0.2, -0.15) is 5.10 Å². The first-order valence-corrected chi connectivity index (χ1v) is 6.99. The third-order valence-corrected chi connectivity index (χ3v) is 3.18. The Morgan fingerprint density at radius 1 is 1.10 bits per heavy atom. The lowest BCUT2D eigenvalue weighted by molar-refractivity contribution is 0.304. The molecular weight excluding hydrogens is 252 g/mol. The maximum absolute atomic E-state index is 5.57. The fourth-order valence-electron chi connectivity index (χ4n) is 1.86. The Morgan fingerprint density at radius 3 is 2.75 bits per heavy atom. The maximum atomic E-state index is 5.57. The van der Waals surface area contributed by atoms with Crippen LogP contribution in [0.5, 0.6) is 5.88 Å². The van der Waals surface area contributed by atoms with Crippen LogP contribution in [0.1, 0.15) is 24.2 Å². The second-order valence-electron chi connectivity index (χ2n) is 4.94. The zero-order valence-electron chi connectivity index (χ0n) is 11.3. The van der Waals surface area contributed by atoms with E-state index in [-0.39, 0.29) is 0 Å². The van der Waals surface area contributed by atoms with Crippen molar-refractivity contribution in [2.24, 2.45) is 0 Å². The van der Waals surface area contributed by atoms with E-state index in [1.807, 2.05) is 30.3 Å². The number of nitrogens with one attached hydrogen (secondary N) is 1. The maximum Gasteiger partial charge on any atom is 0.233 e. The molecule has 0 radical (unpaired) electrons. The van der Waals surface area contributed by atoms with E-state index >= 15 is 0 Å². The van der Waals surface area contributed by atoms with Gasteiger partial charge in [-0.1, -0.05) is 6.07 Å². The summed E-state index contributed by atoms with van der Waals surface area (Å²) in [5, 5.41) is 11.6. The van der Waals surface area contributed by atoms with Gasteiger partial charge in [0.25, 0.3) is 0 Å². The van der Waals surface area contributed by atoms with Crippen LogP contribution < -0.4 is 10.1 Å². The molecule has 0 saturated heterocycles. The predicted molar refractivity (Wildman–Crippen MR) is 75.3 cm³/mol. The number of ether oxygens (including phenoxy) is 1.